The SMILES string of the molecule is C=CC(=O)NCCCC[C@H](NS(=O)(=O)Cc1ccccc1)C(=O)N1CCN(c2cccc(C)n2)CC1. The van der Waals surface area contributed by atoms with Gasteiger partial charge in [0.25, 0.3) is 0 Å². The highest BCUT2D eigenvalue weighted by molar-refractivity contribution is 7.88. The topological polar surface area (TPSA) is 112 Å². The van der Waals surface area contributed by atoms with Gasteiger partial charge in [0.15, 0.2) is 0 Å². The summed E-state index contributed by atoms with van der Waals surface area (Å²) in [5.74, 6) is 0.203. The van der Waals surface area contributed by atoms with E-state index in [0.29, 0.717) is 57.5 Å². The van der Waals surface area contributed by atoms with Crippen molar-refractivity contribution in [2.45, 2.75) is 38.0 Å². The molecule has 1 aliphatic heterocycles. The smallest absolute Gasteiger partial charge is 0.243 e. The molecule has 2 heterocycles. The Morgan fingerprint density at radius 3 is 2.44 bits per heavy atom. The zero-order chi connectivity index (χ0) is 26.0. The number of aryl methyl sites for hydroxylation is 1. The monoisotopic (exact) mass is 513 g/mol. The van der Waals surface area contributed by atoms with Crippen molar-refractivity contribution in [3.63, 3.8) is 0 Å². The van der Waals surface area contributed by atoms with E-state index in [-0.39, 0.29) is 17.6 Å². The second kappa shape index (κ2) is 13.2. The number of pyridine rings is 1. The molecule has 1 aromatic heterocycles. The average Bonchev–Trinajstić information content (AvgIpc) is 2.87. The van der Waals surface area contributed by atoms with E-state index >= 15 is 0 Å². The van der Waals surface area contributed by atoms with E-state index < -0.39 is 16.1 Å². The van der Waals surface area contributed by atoms with E-state index in [4.69, 9.17) is 0 Å². The summed E-state index contributed by atoms with van der Waals surface area (Å²) in [6, 6.07) is 13.9. The molecular formula is C26H35N5O4S. The van der Waals surface area contributed by atoms with Gasteiger partial charge in [-0.05, 0) is 50.0 Å². The molecule has 1 atom stereocenters. The Morgan fingerprint density at radius 1 is 1.06 bits per heavy atom. The minimum Gasteiger partial charge on any atom is -0.353 e. The molecule has 2 N–H and O–H groups in total. The first-order valence-corrected chi connectivity index (χ1v) is 13.8. The average molecular weight is 514 g/mol. The number of sulfonamides is 1. The van der Waals surface area contributed by atoms with Crippen molar-refractivity contribution < 1.29 is 18.0 Å². The Bertz CT molecular complexity index is 1130. The van der Waals surface area contributed by atoms with Gasteiger partial charge in [-0.3, -0.25) is 9.59 Å². The number of benzene rings is 1. The van der Waals surface area contributed by atoms with Crippen molar-refractivity contribution in [3.05, 3.63) is 72.4 Å². The van der Waals surface area contributed by atoms with Gasteiger partial charge in [-0.2, -0.15) is 0 Å². The zero-order valence-electron chi connectivity index (χ0n) is 20.7. The van der Waals surface area contributed by atoms with Crippen molar-refractivity contribution >= 4 is 27.7 Å². The fourth-order valence-corrected chi connectivity index (χ4v) is 5.49. The normalized spacial score (nSPS) is 14.8. The van der Waals surface area contributed by atoms with E-state index in [1.807, 2.05) is 31.2 Å². The predicted octanol–water partition coefficient (Wildman–Crippen LogP) is 2.00. The molecule has 2 amide bonds. The molecule has 3 rings (SSSR count). The molecule has 9 nitrogen and oxygen atoms in total. The van der Waals surface area contributed by atoms with Crippen molar-refractivity contribution in [1.29, 1.82) is 0 Å². The Labute approximate surface area is 213 Å². The largest absolute Gasteiger partial charge is 0.353 e. The fourth-order valence-electron chi connectivity index (χ4n) is 4.12. The van der Waals surface area contributed by atoms with Gasteiger partial charge in [-0.15, -0.1) is 0 Å². The van der Waals surface area contributed by atoms with Crippen LogP contribution in [-0.2, 0) is 25.4 Å². The number of amides is 2. The third-order valence-corrected chi connectivity index (χ3v) is 7.37. The number of rotatable bonds is 12. The van der Waals surface area contributed by atoms with Gasteiger partial charge < -0.3 is 15.1 Å². The summed E-state index contributed by atoms with van der Waals surface area (Å²) >= 11 is 0. The minimum atomic E-state index is -3.74. The van der Waals surface area contributed by atoms with Gasteiger partial charge in [-0.25, -0.2) is 18.1 Å². The third-order valence-electron chi connectivity index (χ3n) is 6.01. The zero-order valence-corrected chi connectivity index (χ0v) is 21.5. The summed E-state index contributed by atoms with van der Waals surface area (Å²) < 4.78 is 28.5. The number of unbranched alkanes of at least 4 members (excludes halogenated alkanes) is 1. The van der Waals surface area contributed by atoms with Crippen molar-refractivity contribution in [1.82, 2.24) is 19.9 Å². The van der Waals surface area contributed by atoms with Crippen LogP contribution in [0.25, 0.3) is 0 Å². The van der Waals surface area contributed by atoms with Gasteiger partial charge in [0.05, 0.1) is 5.75 Å². The highest BCUT2D eigenvalue weighted by Gasteiger charge is 2.30. The molecule has 1 aromatic carbocycles. The summed E-state index contributed by atoms with van der Waals surface area (Å²) in [4.78, 5) is 33.2. The molecule has 36 heavy (non-hydrogen) atoms. The number of hydrogen-bond acceptors (Lipinski definition) is 6. The van der Waals surface area contributed by atoms with Crippen molar-refractivity contribution in [2.24, 2.45) is 0 Å². The first-order valence-electron chi connectivity index (χ1n) is 12.2. The summed E-state index contributed by atoms with van der Waals surface area (Å²) in [5, 5.41) is 2.70. The number of aromatic nitrogens is 1. The standard InChI is InChI=1S/C26H35N5O4S/c1-3-25(32)27-15-8-7-13-23(29-36(34,35)20-22-11-5-4-6-12-22)26(33)31-18-16-30(17-19-31)24-14-9-10-21(2)28-24/h3-6,9-12,14,23,29H,1,7-8,13,15-20H2,2H3,(H,27,32)/t23-/m0/s1. The first-order chi connectivity index (χ1) is 17.3. The van der Waals surface area contributed by atoms with Crippen molar-refractivity contribution in [3.8, 4) is 0 Å². The first kappa shape index (κ1) is 27.3. The fraction of sp³-hybridized carbons (Fsp3) is 0.423. The number of anilines is 1. The molecule has 2 aromatic rings. The van der Waals surface area contributed by atoms with Gasteiger partial charge >= 0.3 is 0 Å². The number of carbonyl (C=O) groups excluding carboxylic acids is 2. The molecule has 10 heteroatoms. The quantitative estimate of drug-likeness (QED) is 0.332. The van der Waals surface area contributed by atoms with Crippen LogP contribution >= 0.6 is 0 Å². The van der Waals surface area contributed by atoms with Gasteiger partial charge in [-0.1, -0.05) is 43.0 Å². The van der Waals surface area contributed by atoms with E-state index in [9.17, 15) is 18.0 Å². The molecule has 1 fully saturated rings. The van der Waals surface area contributed by atoms with Crippen LogP contribution in [0.15, 0.2) is 61.2 Å². The van der Waals surface area contributed by atoms with Crippen LogP contribution in [0.2, 0.25) is 0 Å². The molecule has 0 bridgehead atoms. The molecule has 0 radical (unpaired) electrons. The van der Waals surface area contributed by atoms with E-state index in [1.54, 1.807) is 29.2 Å². The second-order valence-electron chi connectivity index (χ2n) is 8.86. The van der Waals surface area contributed by atoms with Crippen LogP contribution < -0.4 is 14.9 Å². The van der Waals surface area contributed by atoms with E-state index in [1.165, 1.54) is 6.08 Å². The van der Waals surface area contributed by atoms with Gasteiger partial charge in [0, 0.05) is 38.4 Å². The minimum absolute atomic E-state index is 0.195. The summed E-state index contributed by atoms with van der Waals surface area (Å²) in [6.07, 6.45) is 2.75. The lowest BCUT2D eigenvalue weighted by molar-refractivity contribution is -0.133. The van der Waals surface area contributed by atoms with Gasteiger partial charge in [0.1, 0.15) is 11.9 Å². The molecular weight excluding hydrogens is 478 g/mol. The molecule has 1 aliphatic rings. The maximum Gasteiger partial charge on any atom is 0.243 e. The summed E-state index contributed by atoms with van der Waals surface area (Å²) in [6.45, 7) is 8.02. The van der Waals surface area contributed by atoms with Gasteiger partial charge in [0.2, 0.25) is 21.8 Å². The van der Waals surface area contributed by atoms with Crippen LogP contribution in [0.1, 0.15) is 30.5 Å². The Balaban J connectivity index is 1.62. The lowest BCUT2D eigenvalue weighted by Gasteiger charge is -2.37. The molecule has 0 saturated carbocycles. The molecule has 0 spiro atoms. The Morgan fingerprint density at radius 2 is 1.78 bits per heavy atom. The van der Waals surface area contributed by atoms with Crippen LogP contribution in [0.3, 0.4) is 0 Å². The number of nitrogens with one attached hydrogen (secondary N) is 2. The van der Waals surface area contributed by atoms with Crippen LogP contribution in [0.4, 0.5) is 5.82 Å². The maximum absolute atomic E-state index is 13.4. The summed E-state index contributed by atoms with van der Waals surface area (Å²) in [5.41, 5.74) is 1.59. The van der Waals surface area contributed by atoms with Crippen LogP contribution in [0, 0.1) is 6.92 Å². The molecule has 0 aliphatic carbocycles. The number of piperazine rings is 1. The van der Waals surface area contributed by atoms with Crippen LogP contribution in [-0.4, -0.2) is 68.9 Å². The van der Waals surface area contributed by atoms with Crippen LogP contribution in [0.5, 0.6) is 0 Å². The van der Waals surface area contributed by atoms with Crippen molar-refractivity contribution in [2.75, 3.05) is 37.6 Å². The lowest BCUT2D eigenvalue weighted by atomic mass is 10.1. The molecule has 0 unspecified atom stereocenters. The lowest BCUT2D eigenvalue weighted by Crippen LogP contribution is -2.55. The Kier molecular flexibility index (Phi) is 10.0. The number of nitrogens with zero attached hydrogens (tertiary/aromatic N) is 3. The maximum atomic E-state index is 13.4. The third kappa shape index (κ3) is 8.46. The second-order valence-corrected chi connectivity index (χ2v) is 10.6. The highest BCUT2D eigenvalue weighted by Crippen LogP contribution is 2.16. The molecule has 194 valence electrons. The Hall–Kier alpha value is -3.24. The van der Waals surface area contributed by atoms with E-state index in [2.05, 4.69) is 26.5 Å². The number of carbonyl (C=O) groups is 2. The summed E-state index contributed by atoms with van der Waals surface area (Å²) in [7, 11) is -3.74. The van der Waals surface area contributed by atoms with E-state index in [0.717, 1.165) is 11.5 Å². The highest BCUT2D eigenvalue weighted by atomic mass is 32.2. The predicted molar refractivity (Wildman–Crippen MR) is 141 cm³/mol. The number of hydrogen-bond donors (Lipinski definition) is 2. The molecule has 1 saturated heterocycles.